The lowest BCUT2D eigenvalue weighted by molar-refractivity contribution is 0.00704. The minimum absolute atomic E-state index is 0.188. The van der Waals surface area contributed by atoms with Crippen LogP contribution in [0.1, 0.15) is 42.4 Å². The van der Waals surface area contributed by atoms with Crippen molar-refractivity contribution < 1.29 is 9.53 Å². The Hall–Kier alpha value is -3.43. The molecule has 34 heavy (non-hydrogen) atoms. The van der Waals surface area contributed by atoms with Crippen molar-refractivity contribution in [2.75, 3.05) is 6.54 Å². The van der Waals surface area contributed by atoms with Gasteiger partial charge in [0.15, 0.2) is 0 Å². The van der Waals surface area contributed by atoms with Gasteiger partial charge in [0.1, 0.15) is 5.60 Å². The van der Waals surface area contributed by atoms with E-state index >= 15 is 0 Å². The van der Waals surface area contributed by atoms with Gasteiger partial charge in [-0.1, -0.05) is 18.2 Å². The summed E-state index contributed by atoms with van der Waals surface area (Å²) in [5.74, 6) is 0.446. The average molecular weight is 468 g/mol. The standard InChI is InChI=1S/C28H25N3O2S/c29-14-20-7-8-25-22(11-20)12-21(15-30-25)10-19-4-3-9-28(13-19)18-31(27(32)33-28)16-23-17-34-26-6-2-1-5-24(23)26/h1-2,5-8,11-12,15,17,19H,3-4,9-10,13,16,18H2/t19-,28+/m1/s1. The molecule has 1 saturated heterocycles. The number of pyridine rings is 1. The fraction of sp³-hybridized carbons (Fsp3) is 0.321. The summed E-state index contributed by atoms with van der Waals surface area (Å²) >= 11 is 1.73. The molecule has 1 spiro atoms. The lowest BCUT2D eigenvalue weighted by Crippen LogP contribution is -2.40. The van der Waals surface area contributed by atoms with Crippen LogP contribution < -0.4 is 0 Å². The third-order valence-electron chi connectivity index (χ3n) is 7.26. The van der Waals surface area contributed by atoms with Crippen molar-refractivity contribution in [3.05, 3.63) is 76.8 Å². The van der Waals surface area contributed by atoms with Gasteiger partial charge in [0.2, 0.25) is 0 Å². The van der Waals surface area contributed by atoms with E-state index in [1.54, 1.807) is 17.4 Å². The number of fused-ring (bicyclic) bond motifs is 2. The van der Waals surface area contributed by atoms with Crippen molar-refractivity contribution in [1.29, 1.82) is 5.26 Å². The van der Waals surface area contributed by atoms with E-state index in [0.717, 1.165) is 43.0 Å². The fourth-order valence-corrected chi connectivity index (χ4v) is 6.68. The molecule has 2 aliphatic rings. The van der Waals surface area contributed by atoms with Gasteiger partial charge in [-0.05, 0) is 90.2 Å². The van der Waals surface area contributed by atoms with Gasteiger partial charge in [0, 0.05) is 16.3 Å². The number of hydrogen-bond donors (Lipinski definition) is 0. The molecule has 1 aliphatic carbocycles. The monoisotopic (exact) mass is 467 g/mol. The highest BCUT2D eigenvalue weighted by Crippen LogP contribution is 2.42. The number of carbonyl (C=O) groups excluding carboxylic acids is 1. The van der Waals surface area contributed by atoms with Crippen molar-refractivity contribution in [2.24, 2.45) is 5.92 Å². The summed E-state index contributed by atoms with van der Waals surface area (Å²) in [6.07, 6.45) is 6.68. The second-order valence-corrected chi connectivity index (χ2v) is 10.6. The number of nitrogens with zero attached hydrogens (tertiary/aromatic N) is 3. The van der Waals surface area contributed by atoms with Gasteiger partial charge in [-0.2, -0.15) is 5.26 Å². The first-order valence-corrected chi connectivity index (χ1v) is 12.7. The largest absolute Gasteiger partial charge is 0.441 e. The van der Waals surface area contributed by atoms with Crippen molar-refractivity contribution in [2.45, 2.75) is 44.2 Å². The first-order chi connectivity index (χ1) is 16.6. The molecular weight excluding hydrogens is 442 g/mol. The summed E-state index contributed by atoms with van der Waals surface area (Å²) in [4.78, 5) is 19.3. The van der Waals surface area contributed by atoms with Gasteiger partial charge in [0.25, 0.3) is 0 Å². The summed E-state index contributed by atoms with van der Waals surface area (Å²) in [7, 11) is 0. The Labute approximate surface area is 202 Å². The number of thiophene rings is 1. The van der Waals surface area contributed by atoms with Crippen LogP contribution in [0.2, 0.25) is 0 Å². The Morgan fingerprint density at radius 3 is 3.06 bits per heavy atom. The van der Waals surface area contributed by atoms with E-state index in [1.165, 1.54) is 21.2 Å². The van der Waals surface area contributed by atoms with Crippen molar-refractivity contribution in [1.82, 2.24) is 9.88 Å². The molecule has 5 nitrogen and oxygen atoms in total. The van der Waals surface area contributed by atoms with Crippen LogP contribution in [0.5, 0.6) is 0 Å². The van der Waals surface area contributed by atoms with Gasteiger partial charge in [-0.25, -0.2) is 4.79 Å². The number of amides is 1. The minimum atomic E-state index is -0.385. The topological polar surface area (TPSA) is 66.2 Å². The zero-order chi connectivity index (χ0) is 23.1. The second-order valence-electron chi connectivity index (χ2n) is 9.69. The predicted molar refractivity (Wildman–Crippen MR) is 134 cm³/mol. The normalized spacial score (nSPS) is 22.4. The first kappa shape index (κ1) is 21.1. The van der Waals surface area contributed by atoms with Crippen LogP contribution >= 0.6 is 11.3 Å². The summed E-state index contributed by atoms with van der Waals surface area (Å²) in [6.45, 7) is 1.26. The molecule has 6 heteroatoms. The Kier molecular flexibility index (Phi) is 5.23. The molecule has 0 radical (unpaired) electrons. The number of rotatable bonds is 4. The summed E-state index contributed by atoms with van der Waals surface area (Å²) in [5, 5.41) is 13.6. The van der Waals surface area contributed by atoms with E-state index < -0.39 is 0 Å². The fourth-order valence-electron chi connectivity index (χ4n) is 5.72. The third-order valence-corrected chi connectivity index (χ3v) is 8.27. The zero-order valence-electron chi connectivity index (χ0n) is 18.9. The van der Waals surface area contributed by atoms with E-state index in [4.69, 9.17) is 4.74 Å². The maximum absolute atomic E-state index is 12.9. The molecule has 4 aromatic rings. The molecular formula is C28H25N3O2S. The van der Waals surface area contributed by atoms with Gasteiger partial charge in [-0.15, -0.1) is 11.3 Å². The third kappa shape index (κ3) is 3.91. The Bertz CT molecular complexity index is 1440. The van der Waals surface area contributed by atoms with Crippen LogP contribution in [-0.2, 0) is 17.7 Å². The average Bonchev–Trinajstić information content (AvgIpc) is 3.39. The molecule has 1 saturated carbocycles. The van der Waals surface area contributed by atoms with Crippen molar-refractivity contribution in [3.8, 4) is 6.07 Å². The van der Waals surface area contributed by atoms with Crippen LogP contribution in [-0.4, -0.2) is 28.1 Å². The van der Waals surface area contributed by atoms with Crippen molar-refractivity contribution in [3.63, 3.8) is 0 Å². The second kappa shape index (κ2) is 8.41. The number of carbonyl (C=O) groups is 1. The lowest BCUT2D eigenvalue weighted by Gasteiger charge is -2.36. The first-order valence-electron chi connectivity index (χ1n) is 11.8. The molecule has 2 aromatic carbocycles. The molecule has 0 unspecified atom stereocenters. The van der Waals surface area contributed by atoms with E-state index in [-0.39, 0.29) is 11.7 Å². The van der Waals surface area contributed by atoms with E-state index in [9.17, 15) is 10.1 Å². The Balaban J connectivity index is 1.17. The SMILES string of the molecule is N#Cc1ccc2ncc(C[C@H]3CCC[C@]4(C3)CN(Cc3csc5ccccc35)C(=O)O4)cc2c1. The predicted octanol–water partition coefficient (Wildman–Crippen LogP) is 6.45. The van der Waals surface area contributed by atoms with Crippen molar-refractivity contribution >= 4 is 38.4 Å². The Morgan fingerprint density at radius 2 is 2.15 bits per heavy atom. The molecule has 0 N–H and O–H groups in total. The maximum Gasteiger partial charge on any atom is 0.410 e. The summed E-state index contributed by atoms with van der Waals surface area (Å²) in [6, 6.07) is 18.3. The molecule has 170 valence electrons. The highest BCUT2D eigenvalue weighted by atomic mass is 32.1. The van der Waals surface area contributed by atoms with Gasteiger partial charge >= 0.3 is 6.09 Å². The molecule has 6 rings (SSSR count). The van der Waals surface area contributed by atoms with E-state index in [1.807, 2.05) is 23.2 Å². The zero-order valence-corrected chi connectivity index (χ0v) is 19.7. The quantitative estimate of drug-likeness (QED) is 0.346. The lowest BCUT2D eigenvalue weighted by atomic mass is 9.75. The number of benzene rings is 2. The Morgan fingerprint density at radius 1 is 1.24 bits per heavy atom. The van der Waals surface area contributed by atoms with Crippen LogP contribution in [0.3, 0.4) is 0 Å². The smallest absolute Gasteiger partial charge is 0.410 e. The van der Waals surface area contributed by atoms with Crippen LogP contribution in [0, 0.1) is 17.2 Å². The number of aromatic nitrogens is 1. The minimum Gasteiger partial charge on any atom is -0.441 e. The number of hydrogen-bond acceptors (Lipinski definition) is 5. The molecule has 2 aromatic heterocycles. The molecule has 1 amide bonds. The van der Waals surface area contributed by atoms with Gasteiger partial charge in [0.05, 0.1) is 30.2 Å². The summed E-state index contributed by atoms with van der Waals surface area (Å²) < 4.78 is 7.32. The molecule has 0 bridgehead atoms. The molecule has 2 atom stereocenters. The van der Waals surface area contributed by atoms with Crippen LogP contribution in [0.15, 0.2) is 60.1 Å². The molecule has 1 aliphatic heterocycles. The number of nitriles is 1. The maximum atomic E-state index is 12.9. The van der Waals surface area contributed by atoms with E-state index in [2.05, 4.69) is 46.8 Å². The van der Waals surface area contributed by atoms with Crippen LogP contribution in [0.25, 0.3) is 21.0 Å². The van der Waals surface area contributed by atoms with Gasteiger partial charge in [-0.3, -0.25) is 9.88 Å². The van der Waals surface area contributed by atoms with Gasteiger partial charge < -0.3 is 4.74 Å². The highest BCUT2D eigenvalue weighted by molar-refractivity contribution is 7.17. The summed E-state index contributed by atoms with van der Waals surface area (Å²) in [5.41, 5.74) is 3.55. The van der Waals surface area contributed by atoms with Crippen LogP contribution in [0.4, 0.5) is 4.79 Å². The highest BCUT2D eigenvalue weighted by Gasteiger charge is 2.47. The molecule has 2 fully saturated rings. The molecule has 3 heterocycles. The number of ether oxygens (including phenoxy) is 1. The van der Waals surface area contributed by atoms with E-state index in [0.29, 0.717) is 24.6 Å².